The number of piperazine rings is 1. The van der Waals surface area contributed by atoms with Gasteiger partial charge in [0.05, 0.1) is 7.11 Å². The second-order valence-corrected chi connectivity index (χ2v) is 5.32. The van der Waals surface area contributed by atoms with E-state index < -0.39 is 0 Å². The van der Waals surface area contributed by atoms with E-state index in [0.717, 1.165) is 31.9 Å². The lowest BCUT2D eigenvalue weighted by atomic mass is 10.0. The summed E-state index contributed by atoms with van der Waals surface area (Å²) in [6, 6.07) is 12.9. The van der Waals surface area contributed by atoms with Gasteiger partial charge in [0.15, 0.2) is 0 Å². The van der Waals surface area contributed by atoms with E-state index in [2.05, 4.69) is 33.4 Å². The highest BCUT2D eigenvalue weighted by molar-refractivity contribution is 5.29. The second-order valence-electron chi connectivity index (χ2n) is 5.32. The van der Waals surface area contributed by atoms with Gasteiger partial charge in [-0.2, -0.15) is 0 Å². The van der Waals surface area contributed by atoms with Crippen molar-refractivity contribution in [2.45, 2.75) is 12.6 Å². The summed E-state index contributed by atoms with van der Waals surface area (Å²) in [6.45, 7) is 4.00. The van der Waals surface area contributed by atoms with Gasteiger partial charge in [-0.05, 0) is 29.3 Å². The van der Waals surface area contributed by atoms with Crippen molar-refractivity contribution in [2.75, 3.05) is 26.7 Å². The van der Waals surface area contributed by atoms with Crippen LogP contribution in [0.4, 0.5) is 0 Å². The molecule has 1 aliphatic heterocycles. The molecule has 0 radical (unpaired) electrons. The minimum absolute atomic E-state index is 0.393. The number of ether oxygens (including phenoxy) is 1. The van der Waals surface area contributed by atoms with E-state index in [1.165, 1.54) is 11.1 Å². The Morgan fingerprint density at radius 1 is 1.29 bits per heavy atom. The Balaban J connectivity index is 1.77. The molecule has 1 aromatic carbocycles. The molecule has 1 atom stereocenters. The van der Waals surface area contributed by atoms with Crippen molar-refractivity contribution < 1.29 is 4.74 Å². The van der Waals surface area contributed by atoms with Crippen LogP contribution in [-0.2, 0) is 6.54 Å². The fraction of sp³-hybridized carbons (Fsp3) is 0.353. The number of methoxy groups -OCH3 is 1. The zero-order valence-electron chi connectivity index (χ0n) is 12.3. The summed E-state index contributed by atoms with van der Waals surface area (Å²) in [5.74, 6) is 0.904. The average Bonchev–Trinajstić information content (AvgIpc) is 2.56. The molecule has 3 rings (SSSR count). The Labute approximate surface area is 125 Å². The third-order valence-corrected chi connectivity index (χ3v) is 3.96. The fourth-order valence-electron chi connectivity index (χ4n) is 2.82. The quantitative estimate of drug-likeness (QED) is 0.934. The van der Waals surface area contributed by atoms with Gasteiger partial charge in [-0.15, -0.1) is 0 Å². The van der Waals surface area contributed by atoms with Crippen LogP contribution in [0.5, 0.6) is 5.75 Å². The predicted octanol–water partition coefficient (Wildman–Crippen LogP) is 2.24. The van der Waals surface area contributed by atoms with Crippen molar-refractivity contribution in [3.63, 3.8) is 0 Å². The largest absolute Gasteiger partial charge is 0.497 e. The van der Waals surface area contributed by atoms with Gasteiger partial charge < -0.3 is 10.1 Å². The van der Waals surface area contributed by atoms with Crippen molar-refractivity contribution in [2.24, 2.45) is 0 Å². The molecule has 1 aliphatic rings. The summed E-state index contributed by atoms with van der Waals surface area (Å²) < 4.78 is 5.24. The SMILES string of the molecule is COc1ccc([C@@H]2CNCCN2Cc2cccnc2)cc1. The molecule has 1 aromatic heterocycles. The molecular weight excluding hydrogens is 262 g/mol. The summed E-state index contributed by atoms with van der Waals surface area (Å²) in [4.78, 5) is 6.72. The Bertz CT molecular complexity index is 556. The fourth-order valence-corrected chi connectivity index (χ4v) is 2.82. The Kier molecular flexibility index (Phi) is 4.48. The molecular formula is C17H21N3O. The van der Waals surface area contributed by atoms with E-state index in [-0.39, 0.29) is 0 Å². The molecule has 0 spiro atoms. The van der Waals surface area contributed by atoms with Crippen LogP contribution in [-0.4, -0.2) is 36.6 Å². The Morgan fingerprint density at radius 3 is 2.86 bits per heavy atom. The molecule has 0 unspecified atom stereocenters. The van der Waals surface area contributed by atoms with Crippen LogP contribution in [0.3, 0.4) is 0 Å². The second kappa shape index (κ2) is 6.70. The number of nitrogens with one attached hydrogen (secondary N) is 1. The number of hydrogen-bond donors (Lipinski definition) is 1. The van der Waals surface area contributed by atoms with E-state index in [1.54, 1.807) is 7.11 Å². The molecule has 0 saturated carbocycles. The van der Waals surface area contributed by atoms with Crippen LogP contribution in [0.1, 0.15) is 17.2 Å². The summed E-state index contributed by atoms with van der Waals surface area (Å²) in [5.41, 5.74) is 2.59. The molecule has 21 heavy (non-hydrogen) atoms. The molecule has 0 bridgehead atoms. The minimum Gasteiger partial charge on any atom is -0.497 e. The summed E-state index contributed by atoms with van der Waals surface area (Å²) in [6.07, 6.45) is 3.77. The standard InChI is InChI=1S/C17H21N3O/c1-21-16-6-4-15(5-7-16)17-12-19-9-10-20(17)13-14-3-2-8-18-11-14/h2-8,11,17,19H,9-10,12-13H2,1H3/t17-/m0/s1. The van der Waals surface area contributed by atoms with Crippen LogP contribution < -0.4 is 10.1 Å². The zero-order chi connectivity index (χ0) is 14.5. The first-order valence-corrected chi connectivity index (χ1v) is 7.34. The molecule has 1 fully saturated rings. The van der Waals surface area contributed by atoms with Crippen molar-refractivity contribution in [1.82, 2.24) is 15.2 Å². The highest BCUT2D eigenvalue weighted by Gasteiger charge is 2.23. The molecule has 1 saturated heterocycles. The molecule has 110 valence electrons. The van der Waals surface area contributed by atoms with Crippen molar-refractivity contribution in [3.8, 4) is 5.75 Å². The van der Waals surface area contributed by atoms with E-state index in [1.807, 2.05) is 30.6 Å². The average molecular weight is 283 g/mol. The van der Waals surface area contributed by atoms with Gasteiger partial charge >= 0.3 is 0 Å². The van der Waals surface area contributed by atoms with E-state index in [0.29, 0.717) is 6.04 Å². The Morgan fingerprint density at radius 2 is 2.14 bits per heavy atom. The number of aromatic nitrogens is 1. The first kappa shape index (κ1) is 14.0. The van der Waals surface area contributed by atoms with E-state index in [4.69, 9.17) is 4.74 Å². The summed E-state index contributed by atoms with van der Waals surface area (Å²) >= 11 is 0. The van der Waals surface area contributed by atoms with Crippen molar-refractivity contribution in [1.29, 1.82) is 0 Å². The maximum absolute atomic E-state index is 5.24. The van der Waals surface area contributed by atoms with Crippen LogP contribution >= 0.6 is 0 Å². The van der Waals surface area contributed by atoms with Crippen LogP contribution in [0.15, 0.2) is 48.8 Å². The monoisotopic (exact) mass is 283 g/mol. The Hall–Kier alpha value is -1.91. The van der Waals surface area contributed by atoms with Gasteiger partial charge in [-0.25, -0.2) is 0 Å². The minimum atomic E-state index is 0.393. The van der Waals surface area contributed by atoms with E-state index >= 15 is 0 Å². The van der Waals surface area contributed by atoms with Crippen molar-refractivity contribution >= 4 is 0 Å². The smallest absolute Gasteiger partial charge is 0.118 e. The van der Waals surface area contributed by atoms with Gasteiger partial charge in [0.1, 0.15) is 5.75 Å². The topological polar surface area (TPSA) is 37.4 Å². The van der Waals surface area contributed by atoms with Crippen LogP contribution in [0, 0.1) is 0 Å². The first-order valence-electron chi connectivity index (χ1n) is 7.34. The number of benzene rings is 1. The van der Waals surface area contributed by atoms with Gasteiger partial charge in [0, 0.05) is 44.6 Å². The summed E-state index contributed by atoms with van der Waals surface area (Å²) in [5, 5.41) is 3.49. The predicted molar refractivity (Wildman–Crippen MR) is 83.3 cm³/mol. The lowest BCUT2D eigenvalue weighted by Gasteiger charge is -2.36. The van der Waals surface area contributed by atoms with Gasteiger partial charge in [-0.3, -0.25) is 9.88 Å². The van der Waals surface area contributed by atoms with Gasteiger partial charge in [0.25, 0.3) is 0 Å². The highest BCUT2D eigenvalue weighted by atomic mass is 16.5. The van der Waals surface area contributed by atoms with Gasteiger partial charge in [0.2, 0.25) is 0 Å². The summed E-state index contributed by atoms with van der Waals surface area (Å²) in [7, 11) is 1.70. The third-order valence-electron chi connectivity index (χ3n) is 3.96. The number of pyridine rings is 1. The molecule has 1 N–H and O–H groups in total. The van der Waals surface area contributed by atoms with Crippen LogP contribution in [0.25, 0.3) is 0 Å². The normalized spacial score (nSPS) is 19.4. The number of rotatable bonds is 4. The molecule has 4 heteroatoms. The number of hydrogen-bond acceptors (Lipinski definition) is 4. The molecule has 2 aromatic rings. The van der Waals surface area contributed by atoms with E-state index in [9.17, 15) is 0 Å². The zero-order valence-corrected chi connectivity index (χ0v) is 12.3. The highest BCUT2D eigenvalue weighted by Crippen LogP contribution is 2.25. The lowest BCUT2D eigenvalue weighted by Crippen LogP contribution is -2.45. The third kappa shape index (κ3) is 3.40. The van der Waals surface area contributed by atoms with Crippen LogP contribution in [0.2, 0.25) is 0 Å². The van der Waals surface area contributed by atoms with Crippen molar-refractivity contribution in [3.05, 3.63) is 59.9 Å². The molecule has 0 aliphatic carbocycles. The molecule has 4 nitrogen and oxygen atoms in total. The maximum Gasteiger partial charge on any atom is 0.118 e. The molecule has 2 heterocycles. The van der Waals surface area contributed by atoms with Gasteiger partial charge in [-0.1, -0.05) is 18.2 Å². The first-order chi connectivity index (χ1) is 10.4. The molecule has 0 amide bonds. The number of nitrogens with zero attached hydrogens (tertiary/aromatic N) is 2. The lowest BCUT2D eigenvalue weighted by molar-refractivity contribution is 0.153. The maximum atomic E-state index is 5.24.